The van der Waals surface area contributed by atoms with Crippen LogP contribution >= 0.6 is 0 Å². The lowest BCUT2D eigenvalue weighted by molar-refractivity contribution is -0.136. The Morgan fingerprint density at radius 1 is 1.29 bits per heavy atom. The van der Waals surface area contributed by atoms with Crippen molar-refractivity contribution in [2.75, 3.05) is 32.7 Å². The maximum atomic E-state index is 11.6. The highest BCUT2D eigenvalue weighted by Gasteiger charge is 2.08. The highest BCUT2D eigenvalue weighted by Crippen LogP contribution is 1.92. The van der Waals surface area contributed by atoms with E-state index in [0.29, 0.717) is 6.54 Å². The summed E-state index contributed by atoms with van der Waals surface area (Å²) in [7, 11) is 0. The van der Waals surface area contributed by atoms with Gasteiger partial charge in [-0.25, -0.2) is 0 Å². The number of carbonyl (C=O) groups is 2. The first-order valence-corrected chi connectivity index (χ1v) is 7.11. The van der Waals surface area contributed by atoms with Gasteiger partial charge in [-0.05, 0) is 26.1 Å². The summed E-state index contributed by atoms with van der Waals surface area (Å²) in [5.41, 5.74) is -0.0526. The maximum absolute atomic E-state index is 11.6. The number of carbonyl (C=O) groups excluding carboxylic acids is 1. The van der Waals surface area contributed by atoms with Crippen LogP contribution in [0.25, 0.3) is 0 Å². The lowest BCUT2D eigenvalue weighted by Crippen LogP contribution is -2.28. The number of nitrogens with zero attached hydrogens (tertiary/aromatic N) is 2. The van der Waals surface area contributed by atoms with E-state index < -0.39 is 11.9 Å². The fraction of sp³-hybridized carbons (Fsp3) is 0.643. The van der Waals surface area contributed by atoms with Gasteiger partial charge in [0.2, 0.25) is 0 Å². The first-order valence-electron chi connectivity index (χ1n) is 7.11. The molecule has 3 N–H and O–H groups in total. The van der Waals surface area contributed by atoms with Crippen molar-refractivity contribution in [3.63, 3.8) is 0 Å². The predicted octanol–water partition coefficient (Wildman–Crippen LogP) is 0.306. The fourth-order valence-electron chi connectivity index (χ4n) is 1.65. The molecule has 21 heavy (non-hydrogen) atoms. The molecule has 0 aromatic carbocycles. The van der Waals surface area contributed by atoms with E-state index in [1.54, 1.807) is 6.07 Å². The van der Waals surface area contributed by atoms with E-state index in [9.17, 15) is 9.59 Å². The molecule has 0 bridgehead atoms. The zero-order chi connectivity index (χ0) is 16.1. The molecule has 0 saturated carbocycles. The van der Waals surface area contributed by atoms with Crippen molar-refractivity contribution in [2.24, 2.45) is 0 Å². The number of aliphatic carboxylic acids is 1. The van der Waals surface area contributed by atoms with Crippen LogP contribution in [0.5, 0.6) is 0 Å². The molecule has 7 nitrogen and oxygen atoms in total. The molecule has 0 aliphatic carbocycles. The predicted molar refractivity (Wildman–Crippen MR) is 79.4 cm³/mol. The van der Waals surface area contributed by atoms with Crippen molar-refractivity contribution in [2.45, 2.75) is 26.7 Å². The van der Waals surface area contributed by atoms with Crippen LogP contribution in [0.4, 0.5) is 0 Å². The van der Waals surface area contributed by atoms with Gasteiger partial charge >= 0.3 is 5.97 Å². The summed E-state index contributed by atoms with van der Waals surface area (Å²) in [6, 6.07) is 1.79. The standard InChI is InChI=1S/C14H24N4O3/c1-3-18(4-2)9-5-7-16-11-12(10-15)14(21)17-8-6-13(19)20/h11,16H,3-9H2,1-2H3,(H,17,21)(H,19,20)/b12-11-. The number of nitrogens with one attached hydrogen (secondary N) is 2. The maximum Gasteiger partial charge on any atom is 0.305 e. The molecule has 0 spiro atoms. The average molecular weight is 296 g/mol. The molecule has 0 rings (SSSR count). The summed E-state index contributed by atoms with van der Waals surface area (Å²) >= 11 is 0. The minimum Gasteiger partial charge on any atom is -0.481 e. The lowest BCUT2D eigenvalue weighted by Gasteiger charge is -2.17. The summed E-state index contributed by atoms with van der Waals surface area (Å²) < 4.78 is 0. The summed E-state index contributed by atoms with van der Waals surface area (Å²) in [6.07, 6.45) is 2.12. The normalized spacial score (nSPS) is 11.0. The van der Waals surface area contributed by atoms with Crippen molar-refractivity contribution >= 4 is 11.9 Å². The third kappa shape index (κ3) is 9.46. The van der Waals surface area contributed by atoms with Gasteiger partial charge in [-0.2, -0.15) is 5.26 Å². The Labute approximate surface area is 125 Å². The van der Waals surface area contributed by atoms with Crippen molar-refractivity contribution in [1.82, 2.24) is 15.5 Å². The SMILES string of the molecule is CCN(CC)CCCN/C=C(/C#N)C(=O)NCCC(=O)O. The van der Waals surface area contributed by atoms with E-state index in [1.807, 2.05) is 0 Å². The third-order valence-corrected chi connectivity index (χ3v) is 2.93. The second kappa shape index (κ2) is 11.7. The molecular weight excluding hydrogens is 272 g/mol. The van der Waals surface area contributed by atoms with Gasteiger partial charge in [-0.1, -0.05) is 13.8 Å². The molecule has 1 amide bonds. The topological polar surface area (TPSA) is 105 Å². The zero-order valence-corrected chi connectivity index (χ0v) is 12.7. The van der Waals surface area contributed by atoms with Crippen molar-refractivity contribution in [1.29, 1.82) is 5.26 Å². The Hall–Kier alpha value is -2.07. The Kier molecular flexibility index (Phi) is 10.6. The Morgan fingerprint density at radius 3 is 2.48 bits per heavy atom. The van der Waals surface area contributed by atoms with E-state index in [4.69, 9.17) is 10.4 Å². The molecule has 0 radical (unpaired) electrons. The van der Waals surface area contributed by atoms with E-state index in [1.165, 1.54) is 6.20 Å². The van der Waals surface area contributed by atoms with Gasteiger partial charge in [0.25, 0.3) is 5.91 Å². The van der Waals surface area contributed by atoms with E-state index >= 15 is 0 Å². The highest BCUT2D eigenvalue weighted by atomic mass is 16.4. The Balaban J connectivity index is 4.02. The minimum atomic E-state index is -0.993. The Bertz CT molecular complexity index is 398. The molecule has 0 fully saturated rings. The number of hydrogen-bond donors (Lipinski definition) is 3. The van der Waals surface area contributed by atoms with Crippen molar-refractivity contribution in [3.05, 3.63) is 11.8 Å². The molecule has 118 valence electrons. The minimum absolute atomic E-state index is 0.00907. The molecule has 0 atom stereocenters. The number of carboxylic acid groups (broad SMARTS) is 1. The van der Waals surface area contributed by atoms with Gasteiger partial charge in [-0.15, -0.1) is 0 Å². The Morgan fingerprint density at radius 2 is 1.95 bits per heavy atom. The quantitative estimate of drug-likeness (QED) is 0.288. The van der Waals surface area contributed by atoms with Crippen LogP contribution in [0.3, 0.4) is 0 Å². The smallest absolute Gasteiger partial charge is 0.305 e. The molecule has 0 heterocycles. The number of rotatable bonds is 11. The third-order valence-electron chi connectivity index (χ3n) is 2.93. The molecule has 0 saturated heterocycles. The van der Waals surface area contributed by atoms with Gasteiger partial charge in [-0.3, -0.25) is 9.59 Å². The summed E-state index contributed by atoms with van der Waals surface area (Å²) in [4.78, 5) is 24.2. The molecule has 0 aliphatic heterocycles. The molecule has 7 heteroatoms. The summed E-state index contributed by atoms with van der Waals surface area (Å²) in [5.74, 6) is -1.55. The van der Waals surface area contributed by atoms with E-state index in [-0.39, 0.29) is 18.5 Å². The van der Waals surface area contributed by atoms with Crippen molar-refractivity contribution in [3.8, 4) is 6.07 Å². The van der Waals surface area contributed by atoms with Crippen molar-refractivity contribution < 1.29 is 14.7 Å². The van der Waals surface area contributed by atoms with Gasteiger partial charge in [0, 0.05) is 19.3 Å². The van der Waals surface area contributed by atoms with Gasteiger partial charge < -0.3 is 20.6 Å². The van der Waals surface area contributed by atoms with Crippen LogP contribution in [0.1, 0.15) is 26.7 Å². The van der Waals surface area contributed by atoms with Crippen LogP contribution in [0.15, 0.2) is 11.8 Å². The highest BCUT2D eigenvalue weighted by molar-refractivity contribution is 5.97. The van der Waals surface area contributed by atoms with Crippen LogP contribution in [0, 0.1) is 11.3 Å². The van der Waals surface area contributed by atoms with Crippen LogP contribution in [0.2, 0.25) is 0 Å². The molecule has 0 aliphatic rings. The second-order valence-electron chi connectivity index (χ2n) is 4.40. The van der Waals surface area contributed by atoms with Crippen LogP contribution < -0.4 is 10.6 Å². The number of nitriles is 1. The number of carboxylic acids is 1. The van der Waals surface area contributed by atoms with Gasteiger partial charge in [0.1, 0.15) is 11.6 Å². The first-order chi connectivity index (χ1) is 10.0. The van der Waals surface area contributed by atoms with Crippen LogP contribution in [-0.4, -0.2) is 54.6 Å². The van der Waals surface area contributed by atoms with Gasteiger partial charge in [0.05, 0.1) is 6.42 Å². The molecule has 0 aromatic rings. The number of amides is 1. The van der Waals surface area contributed by atoms with E-state index in [2.05, 4.69) is 29.4 Å². The average Bonchev–Trinajstić information content (AvgIpc) is 2.46. The monoisotopic (exact) mass is 296 g/mol. The lowest BCUT2D eigenvalue weighted by atomic mass is 10.3. The first kappa shape index (κ1) is 18.9. The second-order valence-corrected chi connectivity index (χ2v) is 4.40. The molecule has 0 unspecified atom stereocenters. The molecular formula is C14H24N4O3. The summed E-state index contributed by atoms with van der Waals surface area (Å²) in [6.45, 7) is 7.85. The van der Waals surface area contributed by atoms with Crippen LogP contribution in [-0.2, 0) is 9.59 Å². The fourth-order valence-corrected chi connectivity index (χ4v) is 1.65. The summed E-state index contributed by atoms with van der Waals surface area (Å²) in [5, 5.41) is 22.7. The largest absolute Gasteiger partial charge is 0.481 e. The number of hydrogen-bond acceptors (Lipinski definition) is 5. The van der Waals surface area contributed by atoms with E-state index in [0.717, 1.165) is 26.1 Å². The molecule has 0 aromatic heterocycles. The van der Waals surface area contributed by atoms with Gasteiger partial charge in [0.15, 0.2) is 0 Å². The zero-order valence-electron chi connectivity index (χ0n) is 12.7.